The second kappa shape index (κ2) is 8.81. The van der Waals surface area contributed by atoms with Crippen LogP contribution in [0.15, 0.2) is 41.6 Å². The Morgan fingerprint density at radius 3 is 2.77 bits per heavy atom. The van der Waals surface area contributed by atoms with Crippen LogP contribution in [0.2, 0.25) is 0 Å². The summed E-state index contributed by atoms with van der Waals surface area (Å²) in [6.07, 6.45) is 3.30. The molecule has 2 aromatic rings. The molecule has 0 aliphatic rings. The second-order valence-electron chi connectivity index (χ2n) is 4.82. The fourth-order valence-corrected chi connectivity index (χ4v) is 2.54. The molecule has 0 saturated carbocycles. The molecule has 26 heavy (non-hydrogen) atoms. The van der Waals surface area contributed by atoms with E-state index in [-0.39, 0.29) is 22.7 Å². The van der Waals surface area contributed by atoms with Gasteiger partial charge >= 0.3 is 5.97 Å². The molecule has 10 heteroatoms. The number of methoxy groups -OCH3 is 1. The standard InChI is InChI=1S/C16H15N3O6S/c1-24-10-5-6-12(13(8-10)19(22)23)18-14(20)9-25-16(21)11-4-3-7-17-15(11)26-2/h3-8H,9H2,1-2H3,(H,18,20). The predicted molar refractivity (Wildman–Crippen MR) is 94.6 cm³/mol. The van der Waals surface area contributed by atoms with Gasteiger partial charge in [0, 0.05) is 6.20 Å². The number of carbonyl (C=O) groups is 2. The van der Waals surface area contributed by atoms with E-state index in [0.29, 0.717) is 5.03 Å². The number of aromatic nitrogens is 1. The van der Waals surface area contributed by atoms with E-state index in [4.69, 9.17) is 9.47 Å². The van der Waals surface area contributed by atoms with Crippen molar-refractivity contribution < 1.29 is 24.0 Å². The van der Waals surface area contributed by atoms with Crippen molar-refractivity contribution >= 4 is 35.0 Å². The smallest absolute Gasteiger partial charge is 0.341 e. The normalized spacial score (nSPS) is 10.1. The van der Waals surface area contributed by atoms with Crippen LogP contribution < -0.4 is 10.1 Å². The molecule has 136 valence electrons. The van der Waals surface area contributed by atoms with E-state index >= 15 is 0 Å². The molecular weight excluding hydrogens is 362 g/mol. The third-order valence-electron chi connectivity index (χ3n) is 3.19. The third kappa shape index (κ3) is 4.70. The van der Waals surface area contributed by atoms with Gasteiger partial charge in [0.1, 0.15) is 16.5 Å². The van der Waals surface area contributed by atoms with Gasteiger partial charge in [0.15, 0.2) is 6.61 Å². The van der Waals surface area contributed by atoms with Crippen molar-refractivity contribution in [3.05, 3.63) is 52.2 Å². The molecule has 1 heterocycles. The van der Waals surface area contributed by atoms with E-state index in [0.717, 1.165) is 0 Å². The number of hydrogen-bond donors (Lipinski definition) is 1. The van der Waals surface area contributed by atoms with Gasteiger partial charge in [-0.1, -0.05) is 0 Å². The van der Waals surface area contributed by atoms with Crippen LogP contribution in [0.5, 0.6) is 5.75 Å². The average molecular weight is 377 g/mol. The molecule has 1 N–H and O–H groups in total. The third-order valence-corrected chi connectivity index (χ3v) is 3.91. The van der Waals surface area contributed by atoms with Gasteiger partial charge < -0.3 is 14.8 Å². The number of esters is 1. The molecular formula is C16H15N3O6S. The van der Waals surface area contributed by atoms with Crippen molar-refractivity contribution in [1.29, 1.82) is 0 Å². The zero-order valence-corrected chi connectivity index (χ0v) is 14.7. The highest BCUT2D eigenvalue weighted by molar-refractivity contribution is 7.98. The number of rotatable bonds is 7. The minimum atomic E-state index is -0.707. The first-order valence-electron chi connectivity index (χ1n) is 7.24. The molecule has 0 atom stereocenters. The molecule has 0 fully saturated rings. The first-order chi connectivity index (χ1) is 12.5. The molecule has 0 aliphatic carbocycles. The van der Waals surface area contributed by atoms with E-state index in [1.807, 2.05) is 0 Å². The van der Waals surface area contributed by atoms with Gasteiger partial charge in [-0.3, -0.25) is 14.9 Å². The summed E-state index contributed by atoms with van der Waals surface area (Å²) in [5.74, 6) is -1.13. The minimum Gasteiger partial charge on any atom is -0.496 e. The van der Waals surface area contributed by atoms with Crippen molar-refractivity contribution in [1.82, 2.24) is 4.98 Å². The summed E-state index contributed by atoms with van der Waals surface area (Å²) in [7, 11) is 1.37. The van der Waals surface area contributed by atoms with Crippen LogP contribution in [0.25, 0.3) is 0 Å². The maximum Gasteiger partial charge on any atom is 0.341 e. The Kier molecular flexibility index (Phi) is 6.50. The van der Waals surface area contributed by atoms with E-state index in [1.165, 1.54) is 49.3 Å². The lowest BCUT2D eigenvalue weighted by atomic mass is 10.2. The number of nitrogens with zero attached hydrogens (tertiary/aromatic N) is 2. The number of nitro benzene ring substituents is 1. The summed E-state index contributed by atoms with van der Waals surface area (Å²) in [4.78, 5) is 38.5. The maximum atomic E-state index is 12.1. The summed E-state index contributed by atoms with van der Waals surface area (Å²) >= 11 is 1.27. The van der Waals surface area contributed by atoms with Crippen LogP contribution in [-0.4, -0.2) is 41.8 Å². The Morgan fingerprint density at radius 2 is 2.12 bits per heavy atom. The first kappa shape index (κ1) is 19.2. The second-order valence-corrected chi connectivity index (χ2v) is 5.62. The lowest BCUT2D eigenvalue weighted by Crippen LogP contribution is -2.21. The lowest BCUT2D eigenvalue weighted by molar-refractivity contribution is -0.384. The van der Waals surface area contributed by atoms with Gasteiger partial charge in [-0.15, -0.1) is 11.8 Å². The number of ether oxygens (including phenoxy) is 2. The number of nitrogens with one attached hydrogen (secondary N) is 1. The molecule has 9 nitrogen and oxygen atoms in total. The summed E-state index contributed by atoms with van der Waals surface area (Å²) in [6, 6.07) is 7.10. The van der Waals surface area contributed by atoms with Crippen molar-refractivity contribution in [3.63, 3.8) is 0 Å². The Bertz CT molecular complexity index is 842. The van der Waals surface area contributed by atoms with Crippen LogP contribution in [0, 0.1) is 10.1 Å². The molecule has 0 unspecified atom stereocenters. The van der Waals surface area contributed by atoms with Crippen LogP contribution in [0.3, 0.4) is 0 Å². The van der Waals surface area contributed by atoms with E-state index < -0.39 is 23.4 Å². The molecule has 0 bridgehead atoms. The van der Waals surface area contributed by atoms with Gasteiger partial charge in [-0.25, -0.2) is 9.78 Å². The van der Waals surface area contributed by atoms with E-state index in [1.54, 1.807) is 12.3 Å². The Labute approximate surface area is 152 Å². The number of amides is 1. The number of anilines is 1. The zero-order valence-electron chi connectivity index (χ0n) is 13.9. The molecule has 0 aliphatic heterocycles. The number of benzene rings is 1. The van der Waals surface area contributed by atoms with Gasteiger partial charge in [-0.05, 0) is 30.5 Å². The summed E-state index contributed by atoms with van der Waals surface area (Å²) in [6.45, 7) is -0.593. The fraction of sp³-hybridized carbons (Fsp3) is 0.188. The number of carbonyl (C=O) groups excluding carboxylic acids is 2. The molecule has 2 rings (SSSR count). The fourth-order valence-electron chi connectivity index (χ4n) is 2.00. The van der Waals surface area contributed by atoms with Gasteiger partial charge in [0.25, 0.3) is 11.6 Å². The molecule has 1 aromatic carbocycles. The Morgan fingerprint density at radius 1 is 1.35 bits per heavy atom. The Balaban J connectivity index is 2.03. The van der Waals surface area contributed by atoms with Gasteiger partial charge in [-0.2, -0.15) is 0 Å². The lowest BCUT2D eigenvalue weighted by Gasteiger charge is -2.09. The quantitative estimate of drug-likeness (QED) is 0.338. The summed E-state index contributed by atoms with van der Waals surface area (Å²) in [5.41, 5.74) is -0.118. The largest absolute Gasteiger partial charge is 0.496 e. The van der Waals surface area contributed by atoms with E-state index in [9.17, 15) is 19.7 Å². The monoisotopic (exact) mass is 377 g/mol. The number of pyridine rings is 1. The highest BCUT2D eigenvalue weighted by Gasteiger charge is 2.19. The van der Waals surface area contributed by atoms with Gasteiger partial charge in [0.2, 0.25) is 0 Å². The SMILES string of the molecule is COc1ccc(NC(=O)COC(=O)c2cccnc2SC)c([N+](=O)[O-])c1. The first-order valence-corrected chi connectivity index (χ1v) is 8.47. The number of nitro groups is 1. The molecule has 0 saturated heterocycles. The maximum absolute atomic E-state index is 12.1. The van der Waals surface area contributed by atoms with Crippen LogP contribution >= 0.6 is 11.8 Å². The number of thioether (sulfide) groups is 1. The molecule has 0 radical (unpaired) electrons. The molecule has 1 aromatic heterocycles. The highest BCUT2D eigenvalue weighted by Crippen LogP contribution is 2.28. The predicted octanol–water partition coefficient (Wildman–Crippen LogP) is 2.52. The van der Waals surface area contributed by atoms with Crippen molar-refractivity contribution in [2.24, 2.45) is 0 Å². The van der Waals surface area contributed by atoms with Crippen molar-refractivity contribution in [2.45, 2.75) is 5.03 Å². The van der Waals surface area contributed by atoms with Crippen LogP contribution in [0.1, 0.15) is 10.4 Å². The minimum absolute atomic E-state index is 0.0250. The number of hydrogen-bond acceptors (Lipinski definition) is 8. The highest BCUT2D eigenvalue weighted by atomic mass is 32.2. The average Bonchev–Trinajstić information content (AvgIpc) is 2.66. The van der Waals surface area contributed by atoms with Gasteiger partial charge in [0.05, 0.1) is 23.7 Å². The van der Waals surface area contributed by atoms with Crippen molar-refractivity contribution in [2.75, 3.05) is 25.3 Å². The van der Waals surface area contributed by atoms with Crippen molar-refractivity contribution in [3.8, 4) is 5.75 Å². The summed E-state index contributed by atoms with van der Waals surface area (Å²) < 4.78 is 9.87. The Hall–Kier alpha value is -3.14. The molecule has 0 spiro atoms. The van der Waals surface area contributed by atoms with Crippen LogP contribution in [-0.2, 0) is 9.53 Å². The molecule has 1 amide bonds. The van der Waals surface area contributed by atoms with Crippen LogP contribution in [0.4, 0.5) is 11.4 Å². The topological polar surface area (TPSA) is 121 Å². The zero-order chi connectivity index (χ0) is 19.1. The van der Waals surface area contributed by atoms with E-state index in [2.05, 4.69) is 10.3 Å². The summed E-state index contributed by atoms with van der Waals surface area (Å²) in [5, 5.41) is 13.9.